The monoisotopic (exact) mass is 508 g/mol. The molecule has 0 radical (unpaired) electrons. The summed E-state index contributed by atoms with van der Waals surface area (Å²) in [6.45, 7) is 2.47. The van der Waals surface area contributed by atoms with Gasteiger partial charge in [-0.05, 0) is 47.9 Å². The molecule has 2 N–H and O–H groups in total. The second kappa shape index (κ2) is 9.37. The van der Waals surface area contributed by atoms with Crippen LogP contribution in [0.25, 0.3) is 10.9 Å². The number of carbonyl (C=O) groups is 3. The van der Waals surface area contributed by atoms with Gasteiger partial charge in [0.2, 0.25) is 0 Å². The van der Waals surface area contributed by atoms with E-state index in [1.165, 1.54) is 4.90 Å². The van der Waals surface area contributed by atoms with E-state index < -0.39 is 18.1 Å². The van der Waals surface area contributed by atoms with E-state index in [0.717, 1.165) is 34.1 Å². The average Bonchev–Trinajstić information content (AvgIpc) is 3.44. The molecule has 38 heavy (non-hydrogen) atoms. The number of urea groups is 1. The van der Waals surface area contributed by atoms with Crippen LogP contribution < -0.4 is 15.0 Å². The number of para-hydroxylation sites is 2. The number of nitrogens with zero attached hydrogens (tertiary/aromatic N) is 2. The van der Waals surface area contributed by atoms with Gasteiger partial charge in [-0.15, -0.1) is 0 Å². The summed E-state index contributed by atoms with van der Waals surface area (Å²) in [4.78, 5) is 47.4. The molecule has 6 rings (SSSR count). The molecule has 8 nitrogen and oxygen atoms in total. The van der Waals surface area contributed by atoms with Crippen LogP contribution in [0.3, 0.4) is 0 Å². The summed E-state index contributed by atoms with van der Waals surface area (Å²) < 4.78 is 5.35. The van der Waals surface area contributed by atoms with Gasteiger partial charge in [-0.1, -0.05) is 49.4 Å². The SMILES string of the molecule is CCCNC(=O)c1ccccc1N1C(=O)[C@@H]2Cc3c([nH]c4ccccc34)[C@@H](c3ccc(OC)cc3)N2C1=O. The molecular weight excluding hydrogens is 480 g/mol. The first-order chi connectivity index (χ1) is 18.5. The third-order valence-electron chi connectivity index (χ3n) is 7.41. The van der Waals surface area contributed by atoms with Crippen LogP contribution in [0.15, 0.2) is 72.8 Å². The minimum Gasteiger partial charge on any atom is -0.497 e. The summed E-state index contributed by atoms with van der Waals surface area (Å²) in [5.41, 5.74) is 4.34. The van der Waals surface area contributed by atoms with Crippen molar-refractivity contribution in [2.75, 3.05) is 18.6 Å². The summed E-state index contributed by atoms with van der Waals surface area (Å²) in [5.74, 6) is 0.0616. The summed E-state index contributed by atoms with van der Waals surface area (Å²) >= 11 is 0. The second-order valence-electron chi connectivity index (χ2n) is 9.59. The molecule has 1 saturated heterocycles. The number of rotatable bonds is 6. The van der Waals surface area contributed by atoms with E-state index >= 15 is 0 Å². The van der Waals surface area contributed by atoms with Crippen molar-refractivity contribution in [3.05, 3.63) is 95.2 Å². The molecule has 0 spiro atoms. The summed E-state index contributed by atoms with van der Waals surface area (Å²) in [5, 5.41) is 3.90. The Kier molecular flexibility index (Phi) is 5.87. The predicted molar refractivity (Wildman–Crippen MR) is 144 cm³/mol. The smallest absolute Gasteiger partial charge is 0.332 e. The number of hydrogen-bond acceptors (Lipinski definition) is 4. The second-order valence-corrected chi connectivity index (χ2v) is 9.59. The average molecular weight is 509 g/mol. The maximum atomic E-state index is 14.1. The third-order valence-corrected chi connectivity index (χ3v) is 7.41. The molecule has 0 saturated carbocycles. The molecule has 4 amide bonds. The lowest BCUT2D eigenvalue weighted by Gasteiger charge is -2.36. The highest BCUT2D eigenvalue weighted by atomic mass is 16.5. The van der Waals surface area contributed by atoms with Gasteiger partial charge in [-0.2, -0.15) is 0 Å². The van der Waals surface area contributed by atoms with Crippen molar-refractivity contribution in [2.45, 2.75) is 31.8 Å². The maximum Gasteiger partial charge on any atom is 0.332 e. The van der Waals surface area contributed by atoms with Crippen LogP contribution in [0.1, 0.15) is 46.6 Å². The van der Waals surface area contributed by atoms with Crippen LogP contribution >= 0.6 is 0 Å². The van der Waals surface area contributed by atoms with Crippen molar-refractivity contribution in [2.24, 2.45) is 0 Å². The van der Waals surface area contributed by atoms with Crippen molar-refractivity contribution < 1.29 is 19.1 Å². The largest absolute Gasteiger partial charge is 0.497 e. The van der Waals surface area contributed by atoms with Gasteiger partial charge in [-0.3, -0.25) is 14.5 Å². The van der Waals surface area contributed by atoms with E-state index in [0.29, 0.717) is 30.0 Å². The van der Waals surface area contributed by atoms with Crippen molar-refractivity contribution >= 4 is 34.4 Å². The van der Waals surface area contributed by atoms with Crippen molar-refractivity contribution in [1.29, 1.82) is 0 Å². The zero-order chi connectivity index (χ0) is 26.4. The summed E-state index contributed by atoms with van der Waals surface area (Å²) in [6.07, 6.45) is 1.16. The van der Waals surface area contributed by atoms with E-state index in [4.69, 9.17) is 4.74 Å². The number of carbonyl (C=O) groups excluding carboxylic acids is 3. The highest BCUT2D eigenvalue weighted by Crippen LogP contribution is 2.45. The topological polar surface area (TPSA) is 94.7 Å². The number of aromatic nitrogens is 1. The maximum absolute atomic E-state index is 14.1. The lowest BCUT2D eigenvalue weighted by Crippen LogP contribution is -2.44. The Morgan fingerprint density at radius 3 is 2.53 bits per heavy atom. The number of amides is 4. The van der Waals surface area contributed by atoms with E-state index in [9.17, 15) is 14.4 Å². The Morgan fingerprint density at radius 1 is 1.03 bits per heavy atom. The number of anilines is 1. The van der Waals surface area contributed by atoms with Gasteiger partial charge in [0.1, 0.15) is 17.8 Å². The van der Waals surface area contributed by atoms with Crippen LogP contribution in [0.2, 0.25) is 0 Å². The van der Waals surface area contributed by atoms with Crippen LogP contribution in [-0.2, 0) is 11.2 Å². The number of H-pyrrole nitrogens is 1. The number of imide groups is 1. The standard InChI is InChI=1S/C30H28N4O4/c1-3-16-31-28(35)21-9-5-7-11-24(21)34-29(36)25-17-22-20-8-4-6-10-23(20)32-26(22)27(33(25)30(34)37)18-12-14-19(38-2)15-13-18/h4-15,25,27,32H,3,16-17H2,1-2H3,(H,31,35)/t25-,27+/m0/s1. The molecule has 4 aromatic rings. The molecule has 3 aromatic carbocycles. The molecule has 0 bridgehead atoms. The highest BCUT2D eigenvalue weighted by Gasteiger charge is 2.53. The molecule has 8 heteroatoms. The highest BCUT2D eigenvalue weighted by molar-refractivity contribution is 6.24. The van der Waals surface area contributed by atoms with Gasteiger partial charge in [0.05, 0.1) is 18.4 Å². The normalized spacial score (nSPS) is 18.5. The molecule has 3 heterocycles. The third kappa shape index (κ3) is 3.63. The number of nitrogens with one attached hydrogen (secondary N) is 2. The van der Waals surface area contributed by atoms with Crippen molar-refractivity contribution in [3.8, 4) is 5.75 Å². The number of ether oxygens (including phenoxy) is 1. The molecular formula is C30H28N4O4. The fraction of sp³-hybridized carbons (Fsp3) is 0.233. The number of methoxy groups -OCH3 is 1. The van der Waals surface area contributed by atoms with Crippen molar-refractivity contribution in [3.63, 3.8) is 0 Å². The lowest BCUT2D eigenvalue weighted by molar-refractivity contribution is -0.120. The molecule has 2 atom stereocenters. The van der Waals surface area contributed by atoms with Crippen LogP contribution in [0.5, 0.6) is 5.75 Å². The molecule has 0 aliphatic carbocycles. The van der Waals surface area contributed by atoms with Gasteiger partial charge >= 0.3 is 6.03 Å². The van der Waals surface area contributed by atoms with Gasteiger partial charge in [0.25, 0.3) is 11.8 Å². The molecule has 1 aromatic heterocycles. The Labute approximate surface area is 220 Å². The van der Waals surface area contributed by atoms with Crippen LogP contribution in [0, 0.1) is 0 Å². The number of fused-ring (bicyclic) bond motifs is 4. The Hall–Kier alpha value is -4.59. The molecule has 192 valence electrons. The van der Waals surface area contributed by atoms with E-state index in [-0.39, 0.29) is 11.8 Å². The summed E-state index contributed by atoms with van der Waals surface area (Å²) in [6, 6.07) is 20.7. The lowest BCUT2D eigenvalue weighted by atomic mass is 9.89. The number of benzene rings is 3. The minimum atomic E-state index is -0.701. The van der Waals surface area contributed by atoms with E-state index in [1.54, 1.807) is 36.3 Å². The zero-order valence-corrected chi connectivity index (χ0v) is 21.2. The van der Waals surface area contributed by atoms with Gasteiger partial charge in [-0.25, -0.2) is 9.69 Å². The van der Waals surface area contributed by atoms with Crippen LogP contribution in [0.4, 0.5) is 10.5 Å². The predicted octanol–water partition coefficient (Wildman–Crippen LogP) is 4.80. The fourth-order valence-electron chi connectivity index (χ4n) is 5.62. The quantitative estimate of drug-likeness (QED) is 0.366. The minimum absolute atomic E-state index is 0.299. The van der Waals surface area contributed by atoms with E-state index in [1.807, 2.05) is 55.5 Å². The molecule has 1 fully saturated rings. The van der Waals surface area contributed by atoms with Crippen molar-refractivity contribution in [1.82, 2.24) is 15.2 Å². The zero-order valence-electron chi connectivity index (χ0n) is 21.2. The number of hydrogen-bond donors (Lipinski definition) is 2. The molecule has 0 unspecified atom stereocenters. The summed E-state index contributed by atoms with van der Waals surface area (Å²) in [7, 11) is 1.61. The van der Waals surface area contributed by atoms with Gasteiger partial charge in [0.15, 0.2) is 0 Å². The fourth-order valence-corrected chi connectivity index (χ4v) is 5.62. The molecule has 2 aliphatic rings. The first-order valence-electron chi connectivity index (χ1n) is 12.8. The Balaban J connectivity index is 1.48. The van der Waals surface area contributed by atoms with Gasteiger partial charge in [0, 0.05) is 29.6 Å². The number of aromatic amines is 1. The first kappa shape index (κ1) is 23.8. The first-order valence-corrected chi connectivity index (χ1v) is 12.8. The van der Waals surface area contributed by atoms with E-state index in [2.05, 4.69) is 10.3 Å². The Morgan fingerprint density at radius 2 is 1.76 bits per heavy atom. The van der Waals surface area contributed by atoms with Crippen LogP contribution in [-0.4, -0.2) is 47.4 Å². The molecule has 2 aliphatic heterocycles. The van der Waals surface area contributed by atoms with Gasteiger partial charge < -0.3 is 15.0 Å². The Bertz CT molecular complexity index is 1560.